The van der Waals surface area contributed by atoms with E-state index in [4.69, 9.17) is 0 Å². The Kier molecular flexibility index (Phi) is 11.7. The van der Waals surface area contributed by atoms with Gasteiger partial charge in [-0.05, 0) is 162 Å². The Morgan fingerprint density at radius 2 is 0.542 bits per heavy atom. The lowest BCUT2D eigenvalue weighted by Crippen LogP contribution is -2.12. The summed E-state index contributed by atoms with van der Waals surface area (Å²) < 4.78 is 0. The Labute approximate surface area is 424 Å². The molecule has 0 saturated heterocycles. The van der Waals surface area contributed by atoms with Crippen LogP contribution >= 0.6 is 0 Å². The van der Waals surface area contributed by atoms with Crippen molar-refractivity contribution in [3.8, 4) is 44.5 Å². The van der Waals surface area contributed by atoms with Crippen LogP contribution in [0.15, 0.2) is 255 Å². The van der Waals surface area contributed by atoms with E-state index >= 15 is 0 Å². The summed E-state index contributed by atoms with van der Waals surface area (Å²) in [6.45, 7) is 9.38. The van der Waals surface area contributed by atoms with Gasteiger partial charge in [-0.1, -0.05) is 210 Å². The van der Waals surface area contributed by atoms with Gasteiger partial charge < -0.3 is 9.80 Å². The maximum absolute atomic E-state index is 2.52. The molecule has 0 atom stereocenters. The Morgan fingerprint density at radius 1 is 0.236 bits per heavy atom. The first-order valence-corrected chi connectivity index (χ1v) is 25.4. The third-order valence-corrected chi connectivity index (χ3v) is 14.5. The summed E-state index contributed by atoms with van der Waals surface area (Å²) in [5.74, 6) is 0.536. The van der Waals surface area contributed by atoms with Crippen molar-refractivity contribution in [2.24, 2.45) is 0 Å². The molecule has 0 bridgehead atoms. The molecule has 0 heterocycles. The van der Waals surface area contributed by atoms with Crippen molar-refractivity contribution in [2.75, 3.05) is 9.80 Å². The van der Waals surface area contributed by atoms with Crippen LogP contribution in [0, 0.1) is 0 Å². The summed E-state index contributed by atoms with van der Waals surface area (Å²) in [7, 11) is 0. The molecule has 0 saturated carbocycles. The van der Waals surface area contributed by atoms with Gasteiger partial charge in [-0.2, -0.15) is 0 Å². The SMILES string of the molecule is CC(C)c1cc2c(N(c3ccc(-c4ccccc4)cc3)c3cccc(-c4ccccc4)c3)ccc3c(C(C)C)cc4c(N(c5ccc(-c6ccccc6)cc5)c5cccc(-c6ccccc6)c5)ccc1c4c32. The highest BCUT2D eigenvalue weighted by atomic mass is 15.1. The summed E-state index contributed by atoms with van der Waals surface area (Å²) >= 11 is 0. The number of benzene rings is 12. The standard InChI is InChI=1S/C70H56N2/c1-47(2)63-45-65-67(71(57-35-31-53(32-36-57)49-19-9-5-10-20-49)59-29-17-27-55(43-59)51-23-13-7-14-24-51)42-40-62-64(48(3)4)46-66-68(41-39-61(63)69(66)70(62)65)72(58-37-33-54(34-38-58)50-21-11-6-12-22-50)60-30-18-28-56(44-60)52-25-15-8-16-26-52/h5-48H,1-4H3. The third kappa shape index (κ3) is 8.15. The van der Waals surface area contributed by atoms with E-state index < -0.39 is 0 Å². The highest BCUT2D eigenvalue weighted by molar-refractivity contribution is 6.30. The predicted molar refractivity (Wildman–Crippen MR) is 309 cm³/mol. The molecule has 0 N–H and O–H groups in total. The minimum Gasteiger partial charge on any atom is -0.310 e. The maximum atomic E-state index is 2.52. The summed E-state index contributed by atoms with van der Waals surface area (Å²) in [5, 5.41) is 7.70. The highest BCUT2D eigenvalue weighted by Gasteiger charge is 2.26. The molecular weight excluding hydrogens is 869 g/mol. The van der Waals surface area contributed by atoms with Gasteiger partial charge >= 0.3 is 0 Å². The molecule has 12 aromatic carbocycles. The van der Waals surface area contributed by atoms with Gasteiger partial charge in [0.2, 0.25) is 0 Å². The summed E-state index contributed by atoms with van der Waals surface area (Å²) in [5.41, 5.74) is 19.0. The molecule has 346 valence electrons. The van der Waals surface area contributed by atoms with Gasteiger partial charge in [-0.25, -0.2) is 0 Å². The second-order valence-corrected chi connectivity index (χ2v) is 19.7. The number of anilines is 6. The first-order valence-electron chi connectivity index (χ1n) is 25.4. The Balaban J connectivity index is 1.13. The molecular formula is C70H56N2. The van der Waals surface area contributed by atoms with E-state index in [2.05, 4.69) is 292 Å². The van der Waals surface area contributed by atoms with Gasteiger partial charge in [0, 0.05) is 33.5 Å². The lowest BCUT2D eigenvalue weighted by atomic mass is 9.83. The fraction of sp³-hybridized carbons (Fsp3) is 0.0857. The topological polar surface area (TPSA) is 6.48 Å². The quantitative estimate of drug-likeness (QED) is 0.113. The first kappa shape index (κ1) is 44.5. The minimum absolute atomic E-state index is 0.268. The number of hydrogen-bond acceptors (Lipinski definition) is 2. The van der Waals surface area contributed by atoms with Crippen LogP contribution in [0.1, 0.15) is 50.7 Å². The van der Waals surface area contributed by atoms with Crippen molar-refractivity contribution in [2.45, 2.75) is 39.5 Å². The van der Waals surface area contributed by atoms with Crippen molar-refractivity contribution in [1.29, 1.82) is 0 Å². The fourth-order valence-electron chi connectivity index (χ4n) is 11.0. The van der Waals surface area contributed by atoms with E-state index in [9.17, 15) is 0 Å². The monoisotopic (exact) mass is 924 g/mol. The molecule has 0 spiro atoms. The van der Waals surface area contributed by atoms with Crippen LogP contribution in [0.5, 0.6) is 0 Å². The molecule has 12 rings (SSSR count). The fourth-order valence-corrected chi connectivity index (χ4v) is 11.0. The lowest BCUT2D eigenvalue weighted by Gasteiger charge is -2.31. The van der Waals surface area contributed by atoms with Gasteiger partial charge in [0.25, 0.3) is 0 Å². The van der Waals surface area contributed by atoms with Crippen molar-refractivity contribution in [3.05, 3.63) is 266 Å². The molecule has 0 aliphatic rings. The molecule has 12 aromatic rings. The molecule has 0 unspecified atom stereocenters. The average molecular weight is 925 g/mol. The van der Waals surface area contributed by atoms with E-state index in [-0.39, 0.29) is 11.8 Å². The second kappa shape index (κ2) is 18.9. The molecule has 2 nitrogen and oxygen atoms in total. The smallest absolute Gasteiger partial charge is 0.0540 e. The van der Waals surface area contributed by atoms with Gasteiger partial charge in [-0.15, -0.1) is 0 Å². The molecule has 0 amide bonds. The molecule has 0 aliphatic carbocycles. The Hall–Kier alpha value is -8.72. The Morgan fingerprint density at radius 3 is 0.875 bits per heavy atom. The second-order valence-electron chi connectivity index (χ2n) is 19.7. The van der Waals surface area contributed by atoms with E-state index in [1.807, 2.05) is 0 Å². The number of nitrogens with zero attached hydrogens (tertiary/aromatic N) is 2. The minimum atomic E-state index is 0.268. The zero-order chi connectivity index (χ0) is 48.7. The Bertz CT molecular complexity index is 3570. The van der Waals surface area contributed by atoms with Crippen LogP contribution in [0.4, 0.5) is 34.1 Å². The van der Waals surface area contributed by atoms with Crippen LogP contribution in [0.25, 0.3) is 76.8 Å². The summed E-state index contributed by atoms with van der Waals surface area (Å²) in [4.78, 5) is 4.98. The van der Waals surface area contributed by atoms with Crippen LogP contribution in [-0.2, 0) is 0 Å². The van der Waals surface area contributed by atoms with Crippen molar-refractivity contribution >= 4 is 66.4 Å². The van der Waals surface area contributed by atoms with E-state index in [0.717, 1.165) is 34.1 Å². The lowest BCUT2D eigenvalue weighted by molar-refractivity contribution is 0.876. The zero-order valence-electron chi connectivity index (χ0n) is 41.3. The predicted octanol–water partition coefficient (Wildman–Crippen LogP) is 20.4. The van der Waals surface area contributed by atoms with Crippen molar-refractivity contribution in [3.63, 3.8) is 0 Å². The van der Waals surface area contributed by atoms with Crippen LogP contribution in [0.3, 0.4) is 0 Å². The van der Waals surface area contributed by atoms with Gasteiger partial charge in [0.05, 0.1) is 11.4 Å². The van der Waals surface area contributed by atoms with Crippen LogP contribution in [0.2, 0.25) is 0 Å². The summed E-state index contributed by atoms with van der Waals surface area (Å²) in [6, 6.07) is 93.8. The first-order chi connectivity index (χ1) is 35.4. The van der Waals surface area contributed by atoms with Crippen LogP contribution in [-0.4, -0.2) is 0 Å². The molecule has 2 heteroatoms. The zero-order valence-corrected chi connectivity index (χ0v) is 41.3. The normalized spacial score (nSPS) is 11.6. The largest absolute Gasteiger partial charge is 0.310 e. The van der Waals surface area contributed by atoms with E-state index in [1.54, 1.807) is 0 Å². The van der Waals surface area contributed by atoms with Gasteiger partial charge in [0.1, 0.15) is 0 Å². The number of rotatable bonds is 12. The molecule has 0 fully saturated rings. The maximum Gasteiger partial charge on any atom is 0.0540 e. The molecule has 0 aliphatic heterocycles. The van der Waals surface area contributed by atoms with E-state index in [1.165, 1.54) is 88.0 Å². The summed E-state index contributed by atoms with van der Waals surface area (Å²) in [6.07, 6.45) is 0. The molecule has 72 heavy (non-hydrogen) atoms. The highest BCUT2D eigenvalue weighted by Crippen LogP contribution is 2.51. The van der Waals surface area contributed by atoms with Crippen molar-refractivity contribution < 1.29 is 0 Å². The van der Waals surface area contributed by atoms with Crippen LogP contribution < -0.4 is 9.80 Å². The number of hydrogen-bond donors (Lipinski definition) is 0. The van der Waals surface area contributed by atoms with E-state index in [0.29, 0.717) is 0 Å². The van der Waals surface area contributed by atoms with Gasteiger partial charge in [-0.3, -0.25) is 0 Å². The molecule has 0 radical (unpaired) electrons. The van der Waals surface area contributed by atoms with Gasteiger partial charge in [0.15, 0.2) is 0 Å². The average Bonchev–Trinajstić information content (AvgIpc) is 3.44. The molecule has 0 aromatic heterocycles. The van der Waals surface area contributed by atoms with Crippen molar-refractivity contribution in [1.82, 2.24) is 0 Å². The third-order valence-electron chi connectivity index (χ3n) is 14.5.